The van der Waals surface area contributed by atoms with Crippen molar-refractivity contribution >= 4 is 10.0 Å². The van der Waals surface area contributed by atoms with Crippen molar-refractivity contribution in [1.82, 2.24) is 9.62 Å². The van der Waals surface area contributed by atoms with Gasteiger partial charge in [-0.3, -0.25) is 0 Å². The van der Waals surface area contributed by atoms with Gasteiger partial charge < -0.3 is 10.1 Å². The van der Waals surface area contributed by atoms with E-state index in [-0.39, 0.29) is 0 Å². The van der Waals surface area contributed by atoms with Crippen LogP contribution in [0.3, 0.4) is 0 Å². The summed E-state index contributed by atoms with van der Waals surface area (Å²) in [6.07, 6.45) is 7.16. The van der Waals surface area contributed by atoms with Crippen LogP contribution in [0.25, 0.3) is 0 Å². The topological polar surface area (TPSA) is 58.6 Å². The Morgan fingerprint density at radius 2 is 1.52 bits per heavy atom. The molecule has 6 rings (SSSR count). The first kappa shape index (κ1) is 18.1. The van der Waals surface area contributed by atoms with Crippen LogP contribution >= 0.6 is 0 Å². The summed E-state index contributed by atoms with van der Waals surface area (Å²) in [7, 11) is -3.39. The maximum Gasteiger partial charge on any atom is 0.243 e. The van der Waals surface area contributed by atoms with Gasteiger partial charge in [-0.25, -0.2) is 8.42 Å². The normalized spacial score (nSPS) is 36.2. The van der Waals surface area contributed by atoms with Crippen LogP contribution in [-0.4, -0.2) is 45.1 Å². The molecule has 1 N–H and O–H groups in total. The van der Waals surface area contributed by atoms with Gasteiger partial charge in [-0.2, -0.15) is 4.31 Å². The molecule has 27 heavy (non-hydrogen) atoms. The van der Waals surface area contributed by atoms with Crippen molar-refractivity contribution in [3.05, 3.63) is 29.8 Å². The van der Waals surface area contributed by atoms with Gasteiger partial charge in [0.15, 0.2) is 0 Å². The van der Waals surface area contributed by atoms with Crippen molar-refractivity contribution in [1.29, 1.82) is 0 Å². The van der Waals surface area contributed by atoms with Gasteiger partial charge in [-0.15, -0.1) is 0 Å². The third kappa shape index (κ3) is 3.46. The molecule has 1 saturated heterocycles. The molecule has 1 heterocycles. The van der Waals surface area contributed by atoms with Gasteiger partial charge in [0.25, 0.3) is 0 Å². The molecule has 5 aliphatic rings. The van der Waals surface area contributed by atoms with Gasteiger partial charge in [0.2, 0.25) is 10.0 Å². The molecule has 148 valence electrons. The zero-order chi connectivity index (χ0) is 18.4. The van der Waals surface area contributed by atoms with Crippen molar-refractivity contribution in [2.24, 2.45) is 23.7 Å². The predicted molar refractivity (Wildman–Crippen MR) is 104 cm³/mol. The minimum Gasteiger partial charge on any atom is -0.379 e. The molecule has 1 aliphatic heterocycles. The molecule has 1 aromatic carbocycles. The van der Waals surface area contributed by atoms with Crippen molar-refractivity contribution in [2.75, 3.05) is 26.3 Å². The van der Waals surface area contributed by atoms with E-state index in [2.05, 4.69) is 5.32 Å². The van der Waals surface area contributed by atoms with Crippen LogP contribution in [0.1, 0.15) is 37.7 Å². The number of sulfonamides is 1. The lowest BCUT2D eigenvalue weighted by Gasteiger charge is -2.54. The van der Waals surface area contributed by atoms with E-state index >= 15 is 0 Å². The van der Waals surface area contributed by atoms with Gasteiger partial charge in [0.1, 0.15) is 0 Å². The molecule has 5 fully saturated rings. The molecular weight excluding hydrogens is 360 g/mol. The number of benzene rings is 1. The van der Waals surface area contributed by atoms with Gasteiger partial charge in [0, 0.05) is 25.7 Å². The fourth-order valence-electron chi connectivity index (χ4n) is 6.21. The molecule has 4 saturated carbocycles. The zero-order valence-electron chi connectivity index (χ0n) is 15.8. The molecule has 4 aliphatic carbocycles. The summed E-state index contributed by atoms with van der Waals surface area (Å²) in [6.45, 7) is 2.68. The summed E-state index contributed by atoms with van der Waals surface area (Å²) in [6, 6.07) is 8.12. The highest BCUT2D eigenvalue weighted by Gasteiger charge is 2.47. The molecule has 1 aromatic rings. The van der Waals surface area contributed by atoms with Crippen molar-refractivity contribution in [3.63, 3.8) is 0 Å². The van der Waals surface area contributed by atoms with Crippen LogP contribution in [0.5, 0.6) is 0 Å². The lowest BCUT2D eigenvalue weighted by Crippen LogP contribution is -2.54. The number of rotatable bonds is 5. The summed E-state index contributed by atoms with van der Waals surface area (Å²) >= 11 is 0. The Morgan fingerprint density at radius 1 is 0.926 bits per heavy atom. The summed E-state index contributed by atoms with van der Waals surface area (Å²) in [4.78, 5) is 0.391. The first-order valence-electron chi connectivity index (χ1n) is 10.5. The van der Waals surface area contributed by atoms with Crippen LogP contribution < -0.4 is 5.32 Å². The third-order valence-corrected chi connectivity index (χ3v) is 9.21. The van der Waals surface area contributed by atoms with Crippen LogP contribution in [0, 0.1) is 23.7 Å². The number of ether oxygens (including phenoxy) is 1. The Morgan fingerprint density at radius 3 is 2.11 bits per heavy atom. The lowest BCUT2D eigenvalue weighted by atomic mass is 9.54. The second kappa shape index (κ2) is 7.14. The smallest absolute Gasteiger partial charge is 0.243 e. The minimum absolute atomic E-state index is 0.391. The Bertz CT molecular complexity index is 743. The molecule has 4 bridgehead atoms. The number of nitrogens with zero attached hydrogens (tertiary/aromatic N) is 1. The standard InChI is InChI=1S/C21H30N2O3S/c24-27(25,23-5-7-26-8-6-23)20-3-1-15(2-4-20)14-22-21-18-10-16-9-17(12-18)13-19(21)11-16/h1-4,16-19,21-22H,5-14H2. The summed E-state index contributed by atoms with van der Waals surface area (Å²) in [5.41, 5.74) is 1.17. The average Bonchev–Trinajstić information content (AvgIpc) is 2.68. The molecule has 0 amide bonds. The van der Waals surface area contributed by atoms with E-state index in [0.717, 1.165) is 30.2 Å². The van der Waals surface area contributed by atoms with Gasteiger partial charge in [-0.1, -0.05) is 12.1 Å². The Hall–Kier alpha value is -0.950. The number of morpholine rings is 1. The second-order valence-corrected chi connectivity index (χ2v) is 10.9. The van der Waals surface area contributed by atoms with E-state index in [1.54, 1.807) is 12.1 Å². The maximum atomic E-state index is 12.7. The van der Waals surface area contributed by atoms with Gasteiger partial charge in [0.05, 0.1) is 18.1 Å². The molecule has 0 spiro atoms. The summed E-state index contributed by atoms with van der Waals surface area (Å²) in [5.74, 6) is 3.72. The van der Waals surface area contributed by atoms with Crippen molar-refractivity contribution < 1.29 is 13.2 Å². The SMILES string of the molecule is O=S(=O)(c1ccc(CNC2C3CC4CC(C3)CC2C4)cc1)N1CCOCC1. The number of nitrogens with one attached hydrogen (secondary N) is 1. The van der Waals surface area contributed by atoms with Gasteiger partial charge >= 0.3 is 0 Å². The quantitative estimate of drug-likeness (QED) is 0.840. The first-order valence-corrected chi connectivity index (χ1v) is 11.9. The molecular formula is C21H30N2O3S. The van der Waals surface area contributed by atoms with Crippen LogP contribution in [-0.2, 0) is 21.3 Å². The summed E-state index contributed by atoms with van der Waals surface area (Å²) in [5, 5.41) is 3.83. The van der Waals surface area contributed by atoms with Crippen LogP contribution in [0.15, 0.2) is 29.2 Å². The highest BCUT2D eigenvalue weighted by atomic mass is 32.2. The Kier molecular flexibility index (Phi) is 4.79. The Balaban J connectivity index is 1.22. The second-order valence-electron chi connectivity index (χ2n) is 9.00. The largest absolute Gasteiger partial charge is 0.379 e. The maximum absolute atomic E-state index is 12.7. The first-order chi connectivity index (χ1) is 13.1. The van der Waals surface area contributed by atoms with E-state index in [4.69, 9.17) is 4.74 Å². The van der Waals surface area contributed by atoms with E-state index < -0.39 is 10.0 Å². The number of hydrogen-bond acceptors (Lipinski definition) is 4. The highest BCUT2D eigenvalue weighted by Crippen LogP contribution is 2.53. The zero-order valence-corrected chi connectivity index (χ0v) is 16.7. The molecule has 6 heteroatoms. The lowest BCUT2D eigenvalue weighted by molar-refractivity contribution is -0.0142. The summed E-state index contributed by atoms with van der Waals surface area (Å²) < 4.78 is 32.2. The van der Waals surface area contributed by atoms with Crippen LogP contribution in [0.2, 0.25) is 0 Å². The minimum atomic E-state index is -3.39. The fraction of sp³-hybridized carbons (Fsp3) is 0.714. The Labute approximate surface area is 162 Å². The van der Waals surface area contributed by atoms with Crippen molar-refractivity contribution in [2.45, 2.75) is 49.6 Å². The van der Waals surface area contributed by atoms with Crippen LogP contribution in [0.4, 0.5) is 0 Å². The molecule has 0 aromatic heterocycles. The molecule has 0 atom stereocenters. The van der Waals surface area contributed by atoms with E-state index in [1.807, 2.05) is 12.1 Å². The molecule has 5 nitrogen and oxygen atoms in total. The van der Waals surface area contributed by atoms with E-state index in [0.29, 0.717) is 37.2 Å². The van der Waals surface area contributed by atoms with E-state index in [9.17, 15) is 8.42 Å². The highest BCUT2D eigenvalue weighted by molar-refractivity contribution is 7.89. The predicted octanol–water partition coefficient (Wildman–Crippen LogP) is 2.62. The average molecular weight is 391 g/mol. The van der Waals surface area contributed by atoms with Gasteiger partial charge in [-0.05, 0) is 73.5 Å². The fourth-order valence-corrected chi connectivity index (χ4v) is 7.62. The monoisotopic (exact) mass is 390 g/mol. The third-order valence-electron chi connectivity index (χ3n) is 7.30. The molecule has 0 unspecified atom stereocenters. The molecule has 0 radical (unpaired) electrons. The number of hydrogen-bond donors (Lipinski definition) is 1. The van der Waals surface area contributed by atoms with E-state index in [1.165, 1.54) is 42.0 Å². The van der Waals surface area contributed by atoms with Crippen molar-refractivity contribution in [3.8, 4) is 0 Å².